The lowest BCUT2D eigenvalue weighted by Gasteiger charge is -2.11. The number of hydrogen-bond donors (Lipinski definition) is 2. The topological polar surface area (TPSA) is 97.6 Å². The fourth-order valence-electron chi connectivity index (χ4n) is 2.13. The monoisotopic (exact) mass is 323 g/mol. The van der Waals surface area contributed by atoms with Crippen LogP contribution in [0.5, 0.6) is 0 Å². The lowest BCUT2D eigenvalue weighted by molar-refractivity contribution is 0.262. The van der Waals surface area contributed by atoms with E-state index in [1.807, 2.05) is 24.5 Å². The Morgan fingerprint density at radius 2 is 1.88 bits per heavy atom. The molecule has 0 aromatic carbocycles. The number of amides is 2. The first-order valence-corrected chi connectivity index (χ1v) is 7.49. The lowest BCUT2D eigenvalue weighted by Crippen LogP contribution is -2.20. The summed E-state index contributed by atoms with van der Waals surface area (Å²) in [6.45, 7) is 4.07. The molecular weight excluding hydrogens is 306 g/mol. The first-order valence-electron chi connectivity index (χ1n) is 7.49. The molecule has 24 heavy (non-hydrogen) atoms. The zero-order valence-electron chi connectivity index (χ0n) is 13.3. The van der Waals surface area contributed by atoms with Gasteiger partial charge < -0.3 is 4.57 Å². The first-order chi connectivity index (χ1) is 11.6. The molecule has 3 aromatic heterocycles. The Bertz CT molecular complexity index is 829. The molecule has 0 aliphatic heterocycles. The Balaban J connectivity index is 1.76. The highest BCUT2D eigenvalue weighted by molar-refractivity contribution is 5.98. The second kappa shape index (κ2) is 6.86. The first kappa shape index (κ1) is 15.6. The van der Waals surface area contributed by atoms with Gasteiger partial charge >= 0.3 is 6.03 Å². The van der Waals surface area contributed by atoms with E-state index in [9.17, 15) is 4.79 Å². The van der Waals surface area contributed by atoms with Crippen molar-refractivity contribution in [2.75, 3.05) is 10.6 Å². The molecule has 0 unspecified atom stereocenters. The molecule has 3 aromatic rings. The van der Waals surface area contributed by atoms with E-state index in [0.29, 0.717) is 23.2 Å². The zero-order chi connectivity index (χ0) is 16.9. The molecule has 0 atom stereocenters. The summed E-state index contributed by atoms with van der Waals surface area (Å²) in [5.41, 5.74) is 0.636. The van der Waals surface area contributed by atoms with E-state index in [1.165, 1.54) is 0 Å². The maximum Gasteiger partial charge on any atom is 0.326 e. The van der Waals surface area contributed by atoms with Crippen LogP contribution in [-0.4, -0.2) is 30.8 Å². The molecule has 0 aliphatic carbocycles. The predicted molar refractivity (Wildman–Crippen MR) is 90.5 cm³/mol. The van der Waals surface area contributed by atoms with Crippen molar-refractivity contribution in [3.63, 3.8) is 0 Å². The smallest absolute Gasteiger partial charge is 0.310 e. The highest BCUT2D eigenvalue weighted by Gasteiger charge is 2.12. The molecule has 2 amide bonds. The summed E-state index contributed by atoms with van der Waals surface area (Å²) in [5, 5.41) is 13.4. The van der Waals surface area contributed by atoms with Crippen LogP contribution >= 0.6 is 0 Å². The summed E-state index contributed by atoms with van der Waals surface area (Å²) in [6, 6.07) is 10.4. The second-order valence-electron chi connectivity index (χ2n) is 5.36. The van der Waals surface area contributed by atoms with Crippen molar-refractivity contribution in [2.45, 2.75) is 19.9 Å². The molecule has 2 N–H and O–H groups in total. The fraction of sp³-hybridized carbons (Fsp3) is 0.188. The number of pyridine rings is 2. The van der Waals surface area contributed by atoms with E-state index in [-0.39, 0.29) is 6.04 Å². The van der Waals surface area contributed by atoms with Crippen LogP contribution in [0.4, 0.5) is 16.4 Å². The van der Waals surface area contributed by atoms with Crippen LogP contribution in [0.3, 0.4) is 0 Å². The molecule has 0 aliphatic rings. The number of rotatable bonds is 4. The summed E-state index contributed by atoms with van der Waals surface area (Å²) in [4.78, 5) is 20.5. The maximum atomic E-state index is 12.0. The Morgan fingerprint density at radius 1 is 1.08 bits per heavy atom. The van der Waals surface area contributed by atoms with Crippen molar-refractivity contribution in [1.29, 1.82) is 0 Å². The van der Waals surface area contributed by atoms with Gasteiger partial charge in [0.2, 0.25) is 0 Å². The molecule has 8 heteroatoms. The zero-order valence-corrected chi connectivity index (χ0v) is 13.3. The number of nitrogens with one attached hydrogen (secondary N) is 2. The van der Waals surface area contributed by atoms with E-state index in [2.05, 4.69) is 30.8 Å². The normalized spacial score (nSPS) is 10.6. The van der Waals surface area contributed by atoms with Gasteiger partial charge in [0.15, 0.2) is 5.82 Å². The van der Waals surface area contributed by atoms with Crippen molar-refractivity contribution in [2.24, 2.45) is 0 Å². The van der Waals surface area contributed by atoms with Gasteiger partial charge in [-0.05, 0) is 38.1 Å². The van der Waals surface area contributed by atoms with E-state index in [1.54, 1.807) is 42.9 Å². The van der Waals surface area contributed by atoms with Crippen molar-refractivity contribution in [1.82, 2.24) is 24.7 Å². The summed E-state index contributed by atoms with van der Waals surface area (Å²) in [5.74, 6) is 1.53. The van der Waals surface area contributed by atoms with Gasteiger partial charge in [0.1, 0.15) is 23.7 Å². The third kappa shape index (κ3) is 3.54. The summed E-state index contributed by atoms with van der Waals surface area (Å²) in [6.07, 6.45) is 3.27. The van der Waals surface area contributed by atoms with Gasteiger partial charge in [0.05, 0.1) is 0 Å². The standard InChI is InChI=1S/C16H17N7O/c1-11(2)23-10-18-22-15(23)12-6-5-8-14(19-12)21-16(24)20-13-7-3-4-9-17-13/h3-11H,1-2H3,(H2,17,19,20,21,24). The van der Waals surface area contributed by atoms with Gasteiger partial charge in [0.25, 0.3) is 0 Å². The SMILES string of the molecule is CC(C)n1cnnc1-c1cccc(NC(=O)Nc2ccccn2)n1. The van der Waals surface area contributed by atoms with Crippen LogP contribution < -0.4 is 10.6 Å². The molecular formula is C16H17N7O. The minimum Gasteiger partial charge on any atom is -0.310 e. The van der Waals surface area contributed by atoms with Gasteiger partial charge in [-0.3, -0.25) is 10.6 Å². The Hall–Kier alpha value is -3.29. The van der Waals surface area contributed by atoms with Crippen LogP contribution in [-0.2, 0) is 0 Å². The van der Waals surface area contributed by atoms with E-state index in [4.69, 9.17) is 0 Å². The highest BCUT2D eigenvalue weighted by Crippen LogP contribution is 2.19. The molecule has 122 valence electrons. The quantitative estimate of drug-likeness (QED) is 0.769. The predicted octanol–water partition coefficient (Wildman–Crippen LogP) is 2.96. The highest BCUT2D eigenvalue weighted by atomic mass is 16.2. The maximum absolute atomic E-state index is 12.0. The molecule has 8 nitrogen and oxygen atoms in total. The summed E-state index contributed by atoms with van der Waals surface area (Å²) < 4.78 is 1.92. The number of aromatic nitrogens is 5. The summed E-state index contributed by atoms with van der Waals surface area (Å²) >= 11 is 0. The molecule has 0 bridgehead atoms. The molecule has 0 saturated carbocycles. The van der Waals surface area contributed by atoms with Crippen LogP contribution in [0.1, 0.15) is 19.9 Å². The van der Waals surface area contributed by atoms with Gasteiger partial charge in [-0.15, -0.1) is 10.2 Å². The molecule has 3 heterocycles. The third-order valence-corrected chi connectivity index (χ3v) is 3.26. The second-order valence-corrected chi connectivity index (χ2v) is 5.36. The van der Waals surface area contributed by atoms with Crippen LogP contribution in [0.2, 0.25) is 0 Å². The van der Waals surface area contributed by atoms with Crippen molar-refractivity contribution in [3.8, 4) is 11.5 Å². The minimum absolute atomic E-state index is 0.209. The number of hydrogen-bond acceptors (Lipinski definition) is 5. The van der Waals surface area contributed by atoms with Crippen LogP contribution in [0.15, 0.2) is 48.9 Å². The third-order valence-electron chi connectivity index (χ3n) is 3.26. The fourth-order valence-corrected chi connectivity index (χ4v) is 2.13. The minimum atomic E-state index is -0.413. The van der Waals surface area contributed by atoms with E-state index >= 15 is 0 Å². The molecule has 0 saturated heterocycles. The van der Waals surface area contributed by atoms with E-state index < -0.39 is 6.03 Å². The molecule has 0 spiro atoms. The Morgan fingerprint density at radius 3 is 2.62 bits per heavy atom. The lowest BCUT2D eigenvalue weighted by atomic mass is 10.3. The van der Waals surface area contributed by atoms with Gasteiger partial charge in [-0.1, -0.05) is 12.1 Å². The number of carbonyl (C=O) groups excluding carboxylic acids is 1. The van der Waals surface area contributed by atoms with Crippen LogP contribution in [0.25, 0.3) is 11.5 Å². The average molecular weight is 323 g/mol. The molecule has 3 rings (SSSR count). The molecule has 0 radical (unpaired) electrons. The van der Waals surface area contributed by atoms with E-state index in [0.717, 1.165) is 0 Å². The van der Waals surface area contributed by atoms with Crippen LogP contribution in [0, 0.1) is 0 Å². The Labute approximate surface area is 139 Å². The molecule has 0 fully saturated rings. The average Bonchev–Trinajstić information content (AvgIpc) is 3.06. The number of nitrogens with zero attached hydrogens (tertiary/aromatic N) is 5. The van der Waals surface area contributed by atoms with Crippen molar-refractivity contribution in [3.05, 3.63) is 48.9 Å². The van der Waals surface area contributed by atoms with Gasteiger partial charge in [0, 0.05) is 12.2 Å². The number of urea groups is 1. The number of carbonyl (C=O) groups is 1. The van der Waals surface area contributed by atoms with Crippen molar-refractivity contribution < 1.29 is 4.79 Å². The Kier molecular flexibility index (Phi) is 4.46. The van der Waals surface area contributed by atoms with Gasteiger partial charge in [-0.2, -0.15) is 0 Å². The number of anilines is 2. The van der Waals surface area contributed by atoms with Crippen molar-refractivity contribution >= 4 is 17.7 Å². The van der Waals surface area contributed by atoms with Gasteiger partial charge in [-0.25, -0.2) is 14.8 Å². The largest absolute Gasteiger partial charge is 0.326 e. The summed E-state index contributed by atoms with van der Waals surface area (Å²) in [7, 11) is 0.